The molecule has 0 atom stereocenters. The van der Waals surface area contributed by atoms with E-state index >= 15 is 0 Å². The highest BCUT2D eigenvalue weighted by Crippen LogP contribution is 2.17. The Morgan fingerprint density at radius 2 is 1.94 bits per heavy atom. The lowest BCUT2D eigenvalue weighted by Gasteiger charge is -2.02. The highest BCUT2D eigenvalue weighted by molar-refractivity contribution is 5.71. The fourth-order valence-corrected chi connectivity index (χ4v) is 1.08. The van der Waals surface area contributed by atoms with Crippen LogP contribution in [0, 0.1) is 5.82 Å². The molecule has 2 rings (SSSR count). The van der Waals surface area contributed by atoms with E-state index in [-0.39, 0.29) is 17.5 Å². The number of rotatable bonds is 3. The zero-order valence-electron chi connectivity index (χ0n) is 8.13. The molecule has 0 bridgehead atoms. The summed E-state index contributed by atoms with van der Waals surface area (Å²) in [5, 5.41) is 0. The van der Waals surface area contributed by atoms with Gasteiger partial charge in [0.15, 0.2) is 6.29 Å². The van der Waals surface area contributed by atoms with Crippen molar-refractivity contribution in [2.24, 2.45) is 0 Å². The molecule has 0 aliphatic heterocycles. The van der Waals surface area contributed by atoms with Crippen molar-refractivity contribution in [3.05, 3.63) is 48.0 Å². The van der Waals surface area contributed by atoms with E-state index in [9.17, 15) is 9.18 Å². The summed E-state index contributed by atoms with van der Waals surface area (Å²) in [5.74, 6) is 0.0550. The number of carbonyl (C=O) groups is 1. The monoisotopic (exact) mass is 218 g/mol. The average Bonchev–Trinajstić information content (AvgIpc) is 2.32. The van der Waals surface area contributed by atoms with Crippen molar-refractivity contribution in [3.8, 4) is 11.8 Å². The zero-order valence-corrected chi connectivity index (χ0v) is 8.13. The number of aldehydes is 1. The molecule has 1 aromatic heterocycles. The molecule has 0 aliphatic rings. The van der Waals surface area contributed by atoms with Crippen LogP contribution >= 0.6 is 0 Å². The predicted octanol–water partition coefficient (Wildman–Crippen LogP) is 2.22. The molecule has 0 amide bonds. The van der Waals surface area contributed by atoms with E-state index in [0.717, 1.165) is 0 Å². The molecule has 0 saturated heterocycles. The SMILES string of the molecule is O=Cc1ccnc(Oc2ccc(F)cc2)n1. The van der Waals surface area contributed by atoms with Gasteiger partial charge >= 0.3 is 6.01 Å². The molecule has 0 aliphatic carbocycles. The molecule has 0 N–H and O–H groups in total. The molecule has 0 fully saturated rings. The van der Waals surface area contributed by atoms with Crippen molar-refractivity contribution in [1.82, 2.24) is 9.97 Å². The van der Waals surface area contributed by atoms with Gasteiger partial charge in [-0.3, -0.25) is 4.79 Å². The molecule has 1 aromatic carbocycles. The van der Waals surface area contributed by atoms with Crippen LogP contribution in [0.2, 0.25) is 0 Å². The number of nitrogens with zero attached hydrogens (tertiary/aromatic N) is 2. The number of hydrogen-bond acceptors (Lipinski definition) is 4. The van der Waals surface area contributed by atoms with Gasteiger partial charge in [0.2, 0.25) is 0 Å². The molecule has 0 unspecified atom stereocenters. The number of benzene rings is 1. The van der Waals surface area contributed by atoms with E-state index in [0.29, 0.717) is 12.0 Å². The highest BCUT2D eigenvalue weighted by atomic mass is 19.1. The van der Waals surface area contributed by atoms with Gasteiger partial charge in [0.1, 0.15) is 17.3 Å². The van der Waals surface area contributed by atoms with Gasteiger partial charge < -0.3 is 4.74 Å². The highest BCUT2D eigenvalue weighted by Gasteiger charge is 2.01. The maximum atomic E-state index is 12.6. The third kappa shape index (κ3) is 2.38. The quantitative estimate of drug-likeness (QED) is 0.741. The smallest absolute Gasteiger partial charge is 0.322 e. The lowest BCUT2D eigenvalue weighted by atomic mass is 10.3. The third-order valence-electron chi connectivity index (χ3n) is 1.80. The number of halogens is 1. The third-order valence-corrected chi connectivity index (χ3v) is 1.80. The Labute approximate surface area is 90.7 Å². The molecule has 0 saturated carbocycles. The molecule has 0 radical (unpaired) electrons. The minimum absolute atomic E-state index is 0.0520. The largest absolute Gasteiger partial charge is 0.424 e. The van der Waals surface area contributed by atoms with Crippen LogP contribution in [-0.2, 0) is 0 Å². The molecule has 1 heterocycles. The summed E-state index contributed by atoms with van der Waals surface area (Å²) >= 11 is 0. The lowest BCUT2D eigenvalue weighted by molar-refractivity contribution is 0.111. The van der Waals surface area contributed by atoms with E-state index in [4.69, 9.17) is 4.74 Å². The van der Waals surface area contributed by atoms with Gasteiger partial charge in [-0.1, -0.05) is 0 Å². The van der Waals surface area contributed by atoms with Crippen molar-refractivity contribution < 1.29 is 13.9 Å². The van der Waals surface area contributed by atoms with Gasteiger partial charge in [0.05, 0.1) is 0 Å². The molecule has 0 spiro atoms. The summed E-state index contributed by atoms with van der Waals surface area (Å²) in [5.41, 5.74) is 0.229. The van der Waals surface area contributed by atoms with Gasteiger partial charge in [0.25, 0.3) is 0 Å². The first-order chi connectivity index (χ1) is 7.78. The molecule has 80 valence electrons. The van der Waals surface area contributed by atoms with Crippen LogP contribution in [0.1, 0.15) is 10.5 Å². The number of aromatic nitrogens is 2. The van der Waals surface area contributed by atoms with Crippen molar-refractivity contribution >= 4 is 6.29 Å². The van der Waals surface area contributed by atoms with Crippen LogP contribution in [0.5, 0.6) is 11.8 Å². The molecule has 5 heteroatoms. The molecule has 2 aromatic rings. The Morgan fingerprint density at radius 3 is 2.62 bits per heavy atom. The Hall–Kier alpha value is -2.30. The molecular weight excluding hydrogens is 211 g/mol. The molecule has 16 heavy (non-hydrogen) atoms. The topological polar surface area (TPSA) is 52.1 Å². The Balaban J connectivity index is 2.20. The first-order valence-electron chi connectivity index (χ1n) is 4.49. The van der Waals surface area contributed by atoms with Crippen molar-refractivity contribution in [2.45, 2.75) is 0 Å². The second-order valence-corrected chi connectivity index (χ2v) is 2.94. The summed E-state index contributed by atoms with van der Waals surface area (Å²) in [6.07, 6.45) is 2.01. The summed E-state index contributed by atoms with van der Waals surface area (Å²) in [6, 6.07) is 6.94. The molecule has 4 nitrogen and oxygen atoms in total. The maximum absolute atomic E-state index is 12.6. The Bertz CT molecular complexity index is 500. The Kier molecular flexibility index (Phi) is 2.86. The summed E-state index contributed by atoms with van der Waals surface area (Å²) in [6.45, 7) is 0. The van der Waals surface area contributed by atoms with E-state index in [2.05, 4.69) is 9.97 Å². The first kappa shape index (κ1) is 10.2. The molecular formula is C11H7FN2O2. The fraction of sp³-hybridized carbons (Fsp3) is 0. The summed E-state index contributed by atoms with van der Waals surface area (Å²) in [4.78, 5) is 18.1. The van der Waals surface area contributed by atoms with E-state index in [1.54, 1.807) is 0 Å². The number of carbonyl (C=O) groups excluding carboxylic acids is 1. The average molecular weight is 218 g/mol. The lowest BCUT2D eigenvalue weighted by Crippen LogP contribution is -1.94. The van der Waals surface area contributed by atoms with Crippen LogP contribution < -0.4 is 4.74 Å². The maximum Gasteiger partial charge on any atom is 0.322 e. The second-order valence-electron chi connectivity index (χ2n) is 2.94. The van der Waals surface area contributed by atoms with Crippen molar-refractivity contribution in [2.75, 3.05) is 0 Å². The Morgan fingerprint density at radius 1 is 1.19 bits per heavy atom. The van der Waals surface area contributed by atoms with Crippen molar-refractivity contribution in [3.63, 3.8) is 0 Å². The van der Waals surface area contributed by atoms with E-state index < -0.39 is 0 Å². The summed E-state index contributed by atoms with van der Waals surface area (Å²) in [7, 11) is 0. The summed E-state index contributed by atoms with van der Waals surface area (Å²) < 4.78 is 17.8. The minimum atomic E-state index is -0.352. The van der Waals surface area contributed by atoms with E-state index in [1.165, 1.54) is 36.5 Å². The van der Waals surface area contributed by atoms with Crippen molar-refractivity contribution in [1.29, 1.82) is 0 Å². The second kappa shape index (κ2) is 4.48. The van der Waals surface area contributed by atoms with Gasteiger partial charge in [0, 0.05) is 6.20 Å². The predicted molar refractivity (Wildman–Crippen MR) is 53.9 cm³/mol. The number of hydrogen-bond donors (Lipinski definition) is 0. The van der Waals surface area contributed by atoms with Crippen LogP contribution in [0.15, 0.2) is 36.5 Å². The van der Waals surface area contributed by atoms with Gasteiger partial charge in [-0.25, -0.2) is 9.37 Å². The van der Waals surface area contributed by atoms with Crippen LogP contribution in [-0.4, -0.2) is 16.3 Å². The standard InChI is InChI=1S/C11H7FN2O2/c12-8-1-3-10(4-2-8)16-11-13-6-5-9(7-15)14-11/h1-7H. The van der Waals surface area contributed by atoms with Crippen LogP contribution in [0.4, 0.5) is 4.39 Å². The van der Waals surface area contributed by atoms with Crippen LogP contribution in [0.3, 0.4) is 0 Å². The zero-order chi connectivity index (χ0) is 11.4. The fourth-order valence-electron chi connectivity index (χ4n) is 1.08. The number of ether oxygens (including phenoxy) is 1. The van der Waals surface area contributed by atoms with Gasteiger partial charge in [-0.2, -0.15) is 4.98 Å². The first-order valence-corrected chi connectivity index (χ1v) is 4.49. The van der Waals surface area contributed by atoms with Crippen LogP contribution in [0.25, 0.3) is 0 Å². The van der Waals surface area contributed by atoms with E-state index in [1.807, 2.05) is 0 Å². The van der Waals surface area contributed by atoms with Gasteiger partial charge in [-0.05, 0) is 30.3 Å². The van der Waals surface area contributed by atoms with Gasteiger partial charge in [-0.15, -0.1) is 0 Å². The minimum Gasteiger partial charge on any atom is -0.424 e. The normalized spacial score (nSPS) is 9.81.